The Hall–Kier alpha value is -1.14. The molecule has 0 saturated heterocycles. The molecule has 0 radical (unpaired) electrons. The minimum atomic E-state index is -2.53. The van der Waals surface area contributed by atoms with Crippen LogP contribution in [0.15, 0.2) is 12.2 Å². The zero-order valence-corrected chi connectivity index (χ0v) is 18.7. The molecule has 0 aliphatic carbocycles. The van der Waals surface area contributed by atoms with Gasteiger partial charge in [-0.25, -0.2) is 4.79 Å². The molecule has 0 atom stereocenters. The largest absolute Gasteiger partial charge is 0.500 e. The van der Waals surface area contributed by atoms with Crippen LogP contribution in [0.4, 0.5) is 0 Å². The zero-order chi connectivity index (χ0) is 22.3. The average Bonchev–Trinajstić information content (AvgIpc) is 2.73. The third kappa shape index (κ3) is 19.4. The smallest absolute Gasteiger partial charge is 0.462 e. The monoisotopic (exact) mass is 414 g/mol. The van der Waals surface area contributed by atoms with Gasteiger partial charge in [0.15, 0.2) is 0 Å². The number of aliphatic hydroxyl groups excluding tert-OH is 3. The normalized spacial score (nSPS) is 9.41. The minimum absolute atomic E-state index is 0.0732. The first-order valence-electron chi connectivity index (χ1n) is 8.24. The second-order valence-electron chi connectivity index (χ2n) is 4.71. The van der Waals surface area contributed by atoms with E-state index in [-0.39, 0.29) is 18.8 Å². The molecule has 0 fully saturated rings. The molecule has 0 rings (SSSR count). The number of ketones is 1. The summed E-state index contributed by atoms with van der Waals surface area (Å²) in [7, 11) is 5.18. The first-order chi connectivity index (χ1) is 12.9. The van der Waals surface area contributed by atoms with Gasteiger partial charge in [0.1, 0.15) is 5.78 Å². The fourth-order valence-corrected chi connectivity index (χ4v) is 3.52. The summed E-state index contributed by atoms with van der Waals surface area (Å²) < 4.78 is 20.8. The van der Waals surface area contributed by atoms with Crippen LogP contribution in [0.5, 0.6) is 0 Å². The van der Waals surface area contributed by atoms with Crippen LogP contribution >= 0.6 is 0 Å². The number of Topliss-reactive ketones (excluding diaryl/α,β-unsaturated/α-hetero) is 1. The number of aliphatic hydroxyl groups is 3. The summed E-state index contributed by atoms with van der Waals surface area (Å²) in [6, 6.07) is 0.675. The van der Waals surface area contributed by atoms with Gasteiger partial charge < -0.3 is 33.3 Å². The van der Waals surface area contributed by atoms with Crippen molar-refractivity contribution in [1.82, 2.24) is 0 Å². The molecule has 0 aliphatic rings. The minimum Gasteiger partial charge on any atom is -0.462 e. The molecule has 0 aliphatic heterocycles. The predicted octanol–water partition coefficient (Wildman–Crippen LogP) is 0.939. The molecule has 9 nitrogen and oxygen atoms in total. The highest BCUT2D eigenvalue weighted by atomic mass is 28.4. The van der Waals surface area contributed by atoms with Crippen molar-refractivity contribution in [2.75, 3.05) is 49.3 Å². The molecular formula is C17H38O9Si. The van der Waals surface area contributed by atoms with E-state index in [1.807, 2.05) is 0 Å². The Labute approximate surface area is 164 Å². The second-order valence-corrected chi connectivity index (χ2v) is 7.80. The number of carbonyl (C=O) groups is 2. The van der Waals surface area contributed by atoms with Crippen molar-refractivity contribution in [3.63, 3.8) is 0 Å². The lowest BCUT2D eigenvalue weighted by Gasteiger charge is -2.24. The van der Waals surface area contributed by atoms with Crippen LogP contribution in [0.2, 0.25) is 6.04 Å². The van der Waals surface area contributed by atoms with E-state index in [0.29, 0.717) is 18.0 Å². The van der Waals surface area contributed by atoms with Gasteiger partial charge in [0.2, 0.25) is 0 Å². The molecule has 0 saturated carbocycles. The highest BCUT2D eigenvalue weighted by Crippen LogP contribution is 2.17. The fourth-order valence-electron chi connectivity index (χ4n) is 1.73. The van der Waals surface area contributed by atoms with Crippen molar-refractivity contribution < 1.29 is 42.9 Å². The molecule has 0 unspecified atom stereocenters. The Morgan fingerprint density at radius 2 is 1.30 bits per heavy atom. The molecular weight excluding hydrogens is 376 g/mol. The zero-order valence-electron chi connectivity index (χ0n) is 17.7. The van der Waals surface area contributed by atoms with Gasteiger partial charge in [-0.15, -0.1) is 0 Å². The Morgan fingerprint density at radius 3 is 1.67 bits per heavy atom. The molecule has 10 heteroatoms. The molecule has 0 bridgehead atoms. The van der Waals surface area contributed by atoms with Gasteiger partial charge in [0.05, 0.1) is 6.61 Å². The summed E-state index contributed by atoms with van der Waals surface area (Å²) in [5, 5.41) is 21.0. The Morgan fingerprint density at radius 1 is 0.852 bits per heavy atom. The van der Waals surface area contributed by atoms with Gasteiger partial charge in [-0.3, -0.25) is 4.79 Å². The fraction of sp³-hybridized carbons (Fsp3) is 0.765. The lowest BCUT2D eigenvalue weighted by Crippen LogP contribution is -2.42. The van der Waals surface area contributed by atoms with Gasteiger partial charge in [-0.1, -0.05) is 6.58 Å². The number of unbranched alkanes of at least 4 members (excludes halogenated alkanes) is 1. The average molecular weight is 415 g/mol. The molecule has 0 aromatic rings. The van der Waals surface area contributed by atoms with Gasteiger partial charge in [0, 0.05) is 67.1 Å². The lowest BCUT2D eigenvalue weighted by atomic mass is 10.1. The number of esters is 1. The summed E-state index contributed by atoms with van der Waals surface area (Å²) in [5.41, 5.74) is 0.336. The molecule has 27 heavy (non-hydrogen) atoms. The van der Waals surface area contributed by atoms with E-state index in [1.54, 1.807) is 28.3 Å². The SMILES string of the molecule is C=C(C)C(=O)OCCC(=O)CCCC[Si](OC)(OC)OC.CO.CO.CO. The quantitative estimate of drug-likeness (QED) is 0.185. The van der Waals surface area contributed by atoms with E-state index in [1.165, 1.54) is 0 Å². The topological polar surface area (TPSA) is 132 Å². The van der Waals surface area contributed by atoms with E-state index in [4.69, 9.17) is 33.3 Å². The maximum absolute atomic E-state index is 11.6. The first kappa shape index (κ1) is 33.4. The molecule has 0 heterocycles. The summed E-state index contributed by atoms with van der Waals surface area (Å²) >= 11 is 0. The Kier molecular flexibility index (Phi) is 30.8. The summed E-state index contributed by atoms with van der Waals surface area (Å²) in [6.07, 6.45) is 2.21. The van der Waals surface area contributed by atoms with E-state index >= 15 is 0 Å². The number of rotatable bonds is 12. The highest BCUT2D eigenvalue weighted by Gasteiger charge is 2.36. The third-order valence-electron chi connectivity index (χ3n) is 3.08. The molecule has 164 valence electrons. The third-order valence-corrected chi connectivity index (χ3v) is 5.92. The standard InChI is InChI=1S/C14H26O6Si.3CH4O/c1-12(2)14(16)20-10-9-13(15)8-6-7-11-21(17-3,18-4)19-5;3*1-2/h1,6-11H2,2-5H3;3*2H,1H3. The molecule has 0 aromatic carbocycles. The first-order valence-corrected chi connectivity index (χ1v) is 10.2. The second kappa shape index (κ2) is 24.9. The van der Waals surface area contributed by atoms with Gasteiger partial charge in [0.25, 0.3) is 0 Å². The summed E-state index contributed by atoms with van der Waals surface area (Å²) in [6.45, 7) is 5.15. The van der Waals surface area contributed by atoms with E-state index in [2.05, 4.69) is 6.58 Å². The predicted molar refractivity (Wildman–Crippen MR) is 105 cm³/mol. The van der Waals surface area contributed by atoms with Crippen molar-refractivity contribution in [2.45, 2.75) is 38.7 Å². The van der Waals surface area contributed by atoms with Crippen molar-refractivity contribution in [3.05, 3.63) is 12.2 Å². The number of carbonyl (C=O) groups excluding carboxylic acids is 2. The highest BCUT2D eigenvalue weighted by molar-refractivity contribution is 6.60. The Balaban J connectivity index is -0.000000397. The molecule has 3 N–H and O–H groups in total. The van der Waals surface area contributed by atoms with Crippen LogP contribution in [0.1, 0.15) is 32.6 Å². The van der Waals surface area contributed by atoms with E-state index in [0.717, 1.165) is 34.2 Å². The number of hydrogen-bond acceptors (Lipinski definition) is 9. The van der Waals surface area contributed by atoms with Gasteiger partial charge in [-0.2, -0.15) is 0 Å². The van der Waals surface area contributed by atoms with Crippen LogP contribution < -0.4 is 0 Å². The van der Waals surface area contributed by atoms with Crippen LogP contribution in [-0.4, -0.2) is 85.1 Å². The van der Waals surface area contributed by atoms with Gasteiger partial charge >= 0.3 is 14.8 Å². The summed E-state index contributed by atoms with van der Waals surface area (Å²) in [5.74, 6) is -0.386. The Bertz CT molecular complexity index is 350. The molecule has 0 amide bonds. The van der Waals surface area contributed by atoms with E-state index < -0.39 is 14.8 Å². The van der Waals surface area contributed by atoms with Crippen LogP contribution in [-0.2, 0) is 27.6 Å². The number of hydrogen-bond donors (Lipinski definition) is 3. The van der Waals surface area contributed by atoms with Crippen LogP contribution in [0.25, 0.3) is 0 Å². The lowest BCUT2D eigenvalue weighted by molar-refractivity contribution is -0.139. The molecule has 0 spiro atoms. The van der Waals surface area contributed by atoms with Crippen molar-refractivity contribution in [2.24, 2.45) is 0 Å². The molecule has 0 aromatic heterocycles. The number of ether oxygens (including phenoxy) is 1. The summed E-state index contributed by atoms with van der Waals surface area (Å²) in [4.78, 5) is 22.8. The van der Waals surface area contributed by atoms with Crippen molar-refractivity contribution >= 4 is 20.6 Å². The van der Waals surface area contributed by atoms with Crippen LogP contribution in [0.3, 0.4) is 0 Å². The maximum Gasteiger partial charge on any atom is 0.500 e. The maximum atomic E-state index is 11.6. The van der Waals surface area contributed by atoms with Crippen molar-refractivity contribution in [1.29, 1.82) is 0 Å². The van der Waals surface area contributed by atoms with Gasteiger partial charge in [-0.05, 0) is 19.8 Å². The van der Waals surface area contributed by atoms with E-state index in [9.17, 15) is 9.59 Å². The van der Waals surface area contributed by atoms with Crippen molar-refractivity contribution in [3.8, 4) is 0 Å². The van der Waals surface area contributed by atoms with Crippen LogP contribution in [0, 0.1) is 0 Å².